The van der Waals surface area contributed by atoms with Crippen molar-refractivity contribution in [2.45, 2.75) is 57.9 Å². The quantitative estimate of drug-likeness (QED) is 0.578. The van der Waals surface area contributed by atoms with E-state index in [0.29, 0.717) is 0 Å². The van der Waals surface area contributed by atoms with Gasteiger partial charge >= 0.3 is 0 Å². The van der Waals surface area contributed by atoms with Crippen molar-refractivity contribution in [3.05, 3.63) is 0 Å². The van der Waals surface area contributed by atoms with Crippen molar-refractivity contribution in [2.75, 3.05) is 33.4 Å². The fourth-order valence-corrected chi connectivity index (χ4v) is 2.52. The van der Waals surface area contributed by atoms with Gasteiger partial charge in [0, 0.05) is 25.2 Å². The molecule has 1 atom stereocenters. The first-order valence-electron chi connectivity index (χ1n) is 7.67. The standard InChI is InChI=1S/C15H32N2O/c1-4-6-9-15(5-2,13-16)17(3)10-11-18-12-14-7-8-14/h14H,4-13,16H2,1-3H3. The summed E-state index contributed by atoms with van der Waals surface area (Å²) in [7, 11) is 2.20. The van der Waals surface area contributed by atoms with Crippen LogP contribution >= 0.6 is 0 Å². The van der Waals surface area contributed by atoms with E-state index in [2.05, 4.69) is 25.8 Å². The van der Waals surface area contributed by atoms with Crippen molar-refractivity contribution < 1.29 is 4.74 Å². The molecule has 0 aromatic carbocycles. The lowest BCUT2D eigenvalue weighted by molar-refractivity contribution is 0.0513. The lowest BCUT2D eigenvalue weighted by atomic mass is 9.88. The summed E-state index contributed by atoms with van der Waals surface area (Å²) in [5.41, 5.74) is 6.22. The molecule has 0 saturated heterocycles. The van der Waals surface area contributed by atoms with Crippen LogP contribution in [0.4, 0.5) is 0 Å². The average Bonchev–Trinajstić information content (AvgIpc) is 3.20. The van der Waals surface area contributed by atoms with Gasteiger partial charge in [0.1, 0.15) is 0 Å². The maximum atomic E-state index is 6.04. The average molecular weight is 256 g/mol. The van der Waals surface area contributed by atoms with Crippen LogP contribution in [0.15, 0.2) is 0 Å². The molecule has 0 spiro atoms. The summed E-state index contributed by atoms with van der Waals surface area (Å²) in [5, 5.41) is 0. The predicted octanol–water partition coefficient (Wildman–Crippen LogP) is 2.64. The third-order valence-electron chi connectivity index (χ3n) is 4.47. The second-order valence-corrected chi connectivity index (χ2v) is 5.83. The third-order valence-corrected chi connectivity index (χ3v) is 4.47. The van der Waals surface area contributed by atoms with E-state index in [1.807, 2.05) is 0 Å². The second-order valence-electron chi connectivity index (χ2n) is 5.83. The molecule has 0 aromatic heterocycles. The Morgan fingerprint density at radius 3 is 2.56 bits per heavy atom. The molecule has 1 unspecified atom stereocenters. The van der Waals surface area contributed by atoms with Crippen LogP contribution in [0.25, 0.3) is 0 Å². The number of nitrogens with two attached hydrogens (primary N) is 1. The van der Waals surface area contributed by atoms with E-state index in [-0.39, 0.29) is 5.54 Å². The van der Waals surface area contributed by atoms with E-state index in [1.165, 1.54) is 32.1 Å². The summed E-state index contributed by atoms with van der Waals surface area (Å²) in [4.78, 5) is 2.43. The monoisotopic (exact) mass is 256 g/mol. The zero-order valence-electron chi connectivity index (χ0n) is 12.6. The van der Waals surface area contributed by atoms with Gasteiger partial charge in [0.2, 0.25) is 0 Å². The maximum Gasteiger partial charge on any atom is 0.0593 e. The highest BCUT2D eigenvalue weighted by atomic mass is 16.5. The molecule has 1 saturated carbocycles. The van der Waals surface area contributed by atoms with Crippen molar-refractivity contribution in [2.24, 2.45) is 11.7 Å². The normalized spacial score (nSPS) is 19.2. The molecule has 1 rings (SSSR count). The Kier molecular flexibility index (Phi) is 7.20. The number of hydrogen-bond acceptors (Lipinski definition) is 3. The zero-order chi connectivity index (χ0) is 13.4. The number of nitrogens with zero attached hydrogens (tertiary/aromatic N) is 1. The van der Waals surface area contributed by atoms with Crippen molar-refractivity contribution >= 4 is 0 Å². The maximum absolute atomic E-state index is 6.04. The molecule has 0 radical (unpaired) electrons. The van der Waals surface area contributed by atoms with Crippen molar-refractivity contribution in [1.82, 2.24) is 4.90 Å². The first-order valence-corrected chi connectivity index (χ1v) is 7.67. The summed E-state index contributed by atoms with van der Waals surface area (Å²) in [6.07, 6.45) is 7.58. The van der Waals surface area contributed by atoms with Crippen molar-refractivity contribution in [3.63, 3.8) is 0 Å². The van der Waals surface area contributed by atoms with Gasteiger partial charge in [0.25, 0.3) is 0 Å². The highest BCUT2D eigenvalue weighted by molar-refractivity contribution is 4.89. The molecule has 2 N–H and O–H groups in total. The van der Waals surface area contributed by atoms with Gasteiger partial charge in [0.05, 0.1) is 6.61 Å². The minimum Gasteiger partial charge on any atom is -0.380 e. The minimum atomic E-state index is 0.180. The molecule has 3 heteroatoms. The first kappa shape index (κ1) is 15.9. The Morgan fingerprint density at radius 1 is 1.33 bits per heavy atom. The third kappa shape index (κ3) is 4.87. The Labute approximate surface area is 113 Å². The van der Waals surface area contributed by atoms with Gasteiger partial charge in [-0.25, -0.2) is 0 Å². The molecule has 1 fully saturated rings. The van der Waals surface area contributed by atoms with Crippen LogP contribution in [-0.2, 0) is 4.74 Å². The summed E-state index contributed by atoms with van der Waals surface area (Å²) < 4.78 is 5.73. The topological polar surface area (TPSA) is 38.5 Å². The molecule has 3 nitrogen and oxygen atoms in total. The minimum absolute atomic E-state index is 0.180. The molecular weight excluding hydrogens is 224 g/mol. The summed E-state index contributed by atoms with van der Waals surface area (Å²) >= 11 is 0. The summed E-state index contributed by atoms with van der Waals surface area (Å²) in [6.45, 7) is 8.06. The number of hydrogen-bond donors (Lipinski definition) is 1. The van der Waals surface area contributed by atoms with Crippen molar-refractivity contribution in [3.8, 4) is 0 Å². The second kappa shape index (κ2) is 8.13. The number of ether oxygens (including phenoxy) is 1. The van der Waals surface area contributed by atoms with Crippen LogP contribution in [0.1, 0.15) is 52.4 Å². The van der Waals surface area contributed by atoms with Crippen LogP contribution in [0, 0.1) is 5.92 Å². The van der Waals surface area contributed by atoms with Gasteiger partial charge < -0.3 is 10.5 Å². The van der Waals surface area contributed by atoms with Gasteiger partial charge in [-0.3, -0.25) is 4.90 Å². The Morgan fingerprint density at radius 2 is 2.06 bits per heavy atom. The van der Waals surface area contributed by atoms with E-state index in [9.17, 15) is 0 Å². The van der Waals surface area contributed by atoms with Crippen LogP contribution in [0.2, 0.25) is 0 Å². The van der Waals surface area contributed by atoms with Gasteiger partial charge in [-0.05, 0) is 38.6 Å². The van der Waals surface area contributed by atoms with Crippen molar-refractivity contribution in [1.29, 1.82) is 0 Å². The van der Waals surface area contributed by atoms with E-state index in [0.717, 1.165) is 38.6 Å². The molecule has 0 amide bonds. The Bertz CT molecular complexity index is 213. The van der Waals surface area contributed by atoms with Gasteiger partial charge in [-0.15, -0.1) is 0 Å². The van der Waals surface area contributed by atoms with Gasteiger partial charge in [-0.2, -0.15) is 0 Å². The number of likely N-dealkylation sites (N-methyl/N-ethyl adjacent to an activating group) is 1. The molecule has 1 aliphatic rings. The molecule has 0 heterocycles. The molecule has 0 bridgehead atoms. The van der Waals surface area contributed by atoms with Gasteiger partial charge in [-0.1, -0.05) is 26.7 Å². The predicted molar refractivity (Wildman–Crippen MR) is 77.8 cm³/mol. The van der Waals surface area contributed by atoms with Crippen LogP contribution in [-0.4, -0.2) is 43.8 Å². The molecule has 0 aromatic rings. The largest absolute Gasteiger partial charge is 0.380 e. The zero-order valence-corrected chi connectivity index (χ0v) is 12.6. The molecule has 18 heavy (non-hydrogen) atoms. The highest BCUT2D eigenvalue weighted by Crippen LogP contribution is 2.29. The lowest BCUT2D eigenvalue weighted by Crippen LogP contribution is -2.52. The summed E-state index contributed by atoms with van der Waals surface area (Å²) in [5.74, 6) is 0.862. The van der Waals surface area contributed by atoms with Gasteiger partial charge in [0.15, 0.2) is 0 Å². The summed E-state index contributed by atoms with van der Waals surface area (Å²) in [6, 6.07) is 0. The number of rotatable bonds is 11. The Hall–Kier alpha value is -0.120. The van der Waals surface area contributed by atoms with E-state index in [4.69, 9.17) is 10.5 Å². The fourth-order valence-electron chi connectivity index (χ4n) is 2.52. The van der Waals surface area contributed by atoms with E-state index in [1.54, 1.807) is 0 Å². The highest BCUT2D eigenvalue weighted by Gasteiger charge is 2.30. The molecule has 1 aliphatic carbocycles. The van der Waals surface area contributed by atoms with Crippen LogP contribution in [0.5, 0.6) is 0 Å². The van der Waals surface area contributed by atoms with Crippen LogP contribution < -0.4 is 5.73 Å². The smallest absolute Gasteiger partial charge is 0.0593 e. The van der Waals surface area contributed by atoms with E-state index < -0.39 is 0 Å². The first-order chi connectivity index (χ1) is 8.68. The lowest BCUT2D eigenvalue weighted by Gasteiger charge is -2.41. The molecule has 108 valence electrons. The fraction of sp³-hybridized carbons (Fsp3) is 1.00. The number of unbranched alkanes of at least 4 members (excludes halogenated alkanes) is 1. The Balaban J connectivity index is 2.29. The molecule has 0 aliphatic heterocycles. The van der Waals surface area contributed by atoms with E-state index >= 15 is 0 Å². The SMILES string of the molecule is CCCCC(CC)(CN)N(C)CCOCC1CC1. The van der Waals surface area contributed by atoms with Crippen LogP contribution in [0.3, 0.4) is 0 Å². The molecular formula is C15H32N2O.